The number of rotatable bonds is 2. The van der Waals surface area contributed by atoms with E-state index in [4.69, 9.17) is 0 Å². The van der Waals surface area contributed by atoms with Crippen LogP contribution in [0.1, 0.15) is 37.0 Å². The molecule has 1 aromatic carbocycles. The molecule has 0 bridgehead atoms. The number of nitrogens with one attached hydrogen (secondary N) is 1. The second kappa shape index (κ2) is 4.72. The largest absolute Gasteiger partial charge is 0.389 e. The Morgan fingerprint density at radius 2 is 2.15 bits per heavy atom. The molecule has 0 aliphatic carbocycles. The van der Waals surface area contributed by atoms with Gasteiger partial charge in [-0.25, -0.2) is 0 Å². The van der Waals surface area contributed by atoms with Gasteiger partial charge in [0.1, 0.15) is 0 Å². The quantitative estimate of drug-likeness (QED) is 0.880. The van der Waals surface area contributed by atoms with Crippen LogP contribution in [0.2, 0.25) is 0 Å². The van der Waals surface area contributed by atoms with Gasteiger partial charge in [0.15, 0.2) is 0 Å². The molecule has 20 heavy (non-hydrogen) atoms. The van der Waals surface area contributed by atoms with Gasteiger partial charge in [-0.3, -0.25) is 9.78 Å². The molecule has 2 unspecified atom stereocenters. The summed E-state index contributed by atoms with van der Waals surface area (Å²) in [7, 11) is 0. The summed E-state index contributed by atoms with van der Waals surface area (Å²) in [6.07, 6.45) is 2.86. The van der Waals surface area contributed by atoms with Crippen molar-refractivity contribution in [1.29, 1.82) is 0 Å². The van der Waals surface area contributed by atoms with E-state index in [2.05, 4.69) is 10.3 Å². The standard InChI is InChI=1S/C16H16N2O2/c1-9-13-7-11(3-4-15(13)18-16(9)20)14-8-17-6-5-12(14)10(2)19/h3-10,19H,1-2H3,(H,18,20). The number of amides is 1. The number of nitrogens with zero attached hydrogens (tertiary/aromatic N) is 1. The van der Waals surface area contributed by atoms with Crippen LogP contribution in [0.4, 0.5) is 5.69 Å². The van der Waals surface area contributed by atoms with E-state index in [1.54, 1.807) is 19.3 Å². The Morgan fingerprint density at radius 3 is 2.90 bits per heavy atom. The lowest BCUT2D eigenvalue weighted by Crippen LogP contribution is -2.08. The highest BCUT2D eigenvalue weighted by molar-refractivity contribution is 6.03. The second-order valence-corrected chi connectivity index (χ2v) is 5.15. The fraction of sp³-hybridized carbons (Fsp3) is 0.250. The Bertz CT molecular complexity index is 680. The van der Waals surface area contributed by atoms with Crippen molar-refractivity contribution in [2.75, 3.05) is 5.32 Å². The highest BCUT2D eigenvalue weighted by Crippen LogP contribution is 2.36. The third-order valence-electron chi connectivity index (χ3n) is 3.79. The van der Waals surface area contributed by atoms with E-state index in [1.165, 1.54) is 0 Å². The third kappa shape index (κ3) is 1.98. The van der Waals surface area contributed by atoms with Crippen molar-refractivity contribution < 1.29 is 9.90 Å². The number of benzene rings is 1. The molecule has 2 atom stereocenters. The smallest absolute Gasteiger partial charge is 0.231 e. The maximum atomic E-state index is 11.7. The number of hydrogen-bond donors (Lipinski definition) is 2. The zero-order valence-corrected chi connectivity index (χ0v) is 11.4. The lowest BCUT2D eigenvalue weighted by molar-refractivity contribution is -0.116. The Morgan fingerprint density at radius 1 is 1.35 bits per heavy atom. The van der Waals surface area contributed by atoms with Gasteiger partial charge >= 0.3 is 0 Å². The van der Waals surface area contributed by atoms with Gasteiger partial charge in [-0.05, 0) is 48.7 Å². The minimum atomic E-state index is -0.557. The first-order valence-corrected chi connectivity index (χ1v) is 6.65. The molecule has 1 aromatic heterocycles. The maximum Gasteiger partial charge on any atom is 0.231 e. The molecule has 2 heterocycles. The summed E-state index contributed by atoms with van der Waals surface area (Å²) >= 11 is 0. The van der Waals surface area contributed by atoms with E-state index < -0.39 is 6.10 Å². The van der Waals surface area contributed by atoms with Crippen LogP contribution in [-0.4, -0.2) is 16.0 Å². The molecule has 4 nitrogen and oxygen atoms in total. The second-order valence-electron chi connectivity index (χ2n) is 5.15. The molecule has 2 N–H and O–H groups in total. The molecule has 0 spiro atoms. The van der Waals surface area contributed by atoms with Gasteiger partial charge in [-0.15, -0.1) is 0 Å². The van der Waals surface area contributed by atoms with Crippen LogP contribution >= 0.6 is 0 Å². The summed E-state index contributed by atoms with van der Waals surface area (Å²) in [6, 6.07) is 7.67. The first-order chi connectivity index (χ1) is 9.58. The summed E-state index contributed by atoms with van der Waals surface area (Å²) in [4.78, 5) is 15.8. The van der Waals surface area contributed by atoms with Crippen molar-refractivity contribution in [2.45, 2.75) is 25.9 Å². The van der Waals surface area contributed by atoms with Gasteiger partial charge in [0.2, 0.25) is 5.91 Å². The number of pyridine rings is 1. The highest BCUT2D eigenvalue weighted by Gasteiger charge is 2.26. The van der Waals surface area contributed by atoms with Crippen molar-refractivity contribution in [3.63, 3.8) is 0 Å². The van der Waals surface area contributed by atoms with Gasteiger partial charge in [0.25, 0.3) is 0 Å². The number of carbonyl (C=O) groups excluding carboxylic acids is 1. The predicted octanol–water partition coefficient (Wildman–Crippen LogP) is 2.86. The summed E-state index contributed by atoms with van der Waals surface area (Å²) in [5.41, 5.74) is 4.57. The van der Waals surface area contributed by atoms with Gasteiger partial charge < -0.3 is 10.4 Å². The zero-order valence-electron chi connectivity index (χ0n) is 11.4. The molecule has 1 aliphatic rings. The Kier molecular flexibility index (Phi) is 3.03. The summed E-state index contributed by atoms with van der Waals surface area (Å²) in [5.74, 6) is -0.115. The topological polar surface area (TPSA) is 62.2 Å². The van der Waals surface area contributed by atoms with Crippen LogP contribution in [0.5, 0.6) is 0 Å². The minimum absolute atomic E-state index is 0.0269. The molecular formula is C16H16N2O2. The summed E-state index contributed by atoms with van der Waals surface area (Å²) < 4.78 is 0. The van der Waals surface area contributed by atoms with Crippen LogP contribution in [-0.2, 0) is 4.79 Å². The predicted molar refractivity (Wildman–Crippen MR) is 77.4 cm³/mol. The number of aliphatic hydroxyl groups is 1. The van der Waals surface area contributed by atoms with Gasteiger partial charge in [-0.2, -0.15) is 0 Å². The van der Waals surface area contributed by atoms with Crippen molar-refractivity contribution in [3.05, 3.63) is 47.8 Å². The fourth-order valence-corrected chi connectivity index (χ4v) is 2.60. The minimum Gasteiger partial charge on any atom is -0.389 e. The number of aromatic nitrogens is 1. The van der Waals surface area contributed by atoms with Crippen LogP contribution in [0.25, 0.3) is 11.1 Å². The van der Waals surface area contributed by atoms with E-state index in [9.17, 15) is 9.90 Å². The van der Waals surface area contributed by atoms with Crippen LogP contribution < -0.4 is 5.32 Å². The summed E-state index contributed by atoms with van der Waals surface area (Å²) in [6.45, 7) is 3.63. The zero-order chi connectivity index (χ0) is 14.3. The van der Waals surface area contributed by atoms with Gasteiger partial charge in [0.05, 0.1) is 12.0 Å². The first kappa shape index (κ1) is 12.8. The average Bonchev–Trinajstić information content (AvgIpc) is 2.74. The number of anilines is 1. The van der Waals surface area contributed by atoms with Crippen LogP contribution in [0, 0.1) is 0 Å². The molecule has 102 valence electrons. The normalized spacial score (nSPS) is 18.6. The fourth-order valence-electron chi connectivity index (χ4n) is 2.60. The van der Waals surface area contributed by atoms with Crippen LogP contribution in [0.3, 0.4) is 0 Å². The van der Waals surface area contributed by atoms with Crippen LogP contribution in [0.15, 0.2) is 36.7 Å². The number of aliphatic hydroxyl groups excluding tert-OH is 1. The Hall–Kier alpha value is -2.20. The van der Waals surface area contributed by atoms with E-state index in [0.29, 0.717) is 0 Å². The van der Waals surface area contributed by atoms with Crippen molar-refractivity contribution in [2.24, 2.45) is 0 Å². The Balaban J connectivity index is 2.12. The molecule has 3 rings (SSSR count). The molecule has 4 heteroatoms. The molecular weight excluding hydrogens is 252 g/mol. The lowest BCUT2D eigenvalue weighted by atomic mass is 9.94. The molecule has 0 radical (unpaired) electrons. The van der Waals surface area contributed by atoms with E-state index in [1.807, 2.05) is 31.2 Å². The number of hydrogen-bond acceptors (Lipinski definition) is 3. The monoisotopic (exact) mass is 268 g/mol. The molecule has 1 aliphatic heterocycles. The molecule has 1 amide bonds. The van der Waals surface area contributed by atoms with Crippen molar-refractivity contribution in [1.82, 2.24) is 4.98 Å². The van der Waals surface area contributed by atoms with Gasteiger partial charge in [-0.1, -0.05) is 6.07 Å². The average molecular weight is 268 g/mol. The SMILES string of the molecule is CC(O)c1ccncc1-c1ccc2c(c1)C(C)C(=O)N2. The molecule has 2 aromatic rings. The maximum absolute atomic E-state index is 11.7. The summed E-state index contributed by atoms with van der Waals surface area (Å²) in [5, 5.41) is 12.7. The molecule has 0 fully saturated rings. The van der Waals surface area contributed by atoms with Gasteiger partial charge in [0, 0.05) is 23.6 Å². The third-order valence-corrected chi connectivity index (χ3v) is 3.79. The molecule has 0 saturated carbocycles. The first-order valence-electron chi connectivity index (χ1n) is 6.65. The number of carbonyl (C=O) groups is 1. The van der Waals surface area contributed by atoms with E-state index in [0.717, 1.165) is 27.9 Å². The van der Waals surface area contributed by atoms with Crippen molar-refractivity contribution >= 4 is 11.6 Å². The number of fused-ring (bicyclic) bond motifs is 1. The molecule has 0 saturated heterocycles. The Labute approximate surface area is 117 Å². The lowest BCUT2D eigenvalue weighted by Gasteiger charge is -2.12. The van der Waals surface area contributed by atoms with Crippen molar-refractivity contribution in [3.8, 4) is 11.1 Å². The highest BCUT2D eigenvalue weighted by atomic mass is 16.3. The van der Waals surface area contributed by atoms with E-state index in [-0.39, 0.29) is 11.8 Å². The van der Waals surface area contributed by atoms with E-state index >= 15 is 0 Å².